The number of aryl methyl sites for hydroxylation is 1. The highest BCUT2D eigenvalue weighted by Gasteiger charge is 2.40. The number of aliphatic imine (C=N–C) groups is 1. The Hall–Kier alpha value is -2.47. The summed E-state index contributed by atoms with van der Waals surface area (Å²) in [6, 6.07) is 7.63. The van der Waals surface area contributed by atoms with E-state index in [1.165, 1.54) is 15.6 Å². The lowest BCUT2D eigenvalue weighted by atomic mass is 10.0. The summed E-state index contributed by atoms with van der Waals surface area (Å²) >= 11 is 9.56. The molecule has 5 rings (SSSR count). The molecule has 0 saturated carbocycles. The zero-order chi connectivity index (χ0) is 22.8. The van der Waals surface area contributed by atoms with Crippen molar-refractivity contribution < 1.29 is 8.63 Å². The molecule has 166 valence electrons. The number of benzene rings is 1. The largest absolute Gasteiger partial charge is 0.415 e. The number of halogens is 1. The Labute approximate surface area is 197 Å². The van der Waals surface area contributed by atoms with Gasteiger partial charge >= 0.3 is 0 Å². The van der Waals surface area contributed by atoms with E-state index in [-0.39, 0.29) is 11.7 Å². The Morgan fingerprint density at radius 1 is 1.28 bits per heavy atom. The number of rotatable bonds is 3. The van der Waals surface area contributed by atoms with Gasteiger partial charge < -0.3 is 10.2 Å². The fourth-order valence-corrected chi connectivity index (χ4v) is 7.75. The highest BCUT2D eigenvalue weighted by atomic mass is 35.5. The van der Waals surface area contributed by atoms with Crippen LogP contribution in [-0.4, -0.2) is 48.3 Å². The van der Waals surface area contributed by atoms with Crippen LogP contribution in [0, 0.1) is 6.92 Å². The van der Waals surface area contributed by atoms with E-state index in [0.29, 0.717) is 21.7 Å². The van der Waals surface area contributed by atoms with E-state index < -0.39 is 15.2 Å². The van der Waals surface area contributed by atoms with E-state index in [0.717, 1.165) is 25.7 Å². The summed E-state index contributed by atoms with van der Waals surface area (Å²) in [6.07, 6.45) is 0. The van der Waals surface area contributed by atoms with Crippen molar-refractivity contribution >= 4 is 66.0 Å². The first-order valence-corrected chi connectivity index (χ1v) is 13.4. The number of nitrogens with two attached hydrogens (primary N) is 1. The van der Waals surface area contributed by atoms with Gasteiger partial charge in [0.15, 0.2) is 0 Å². The highest BCUT2D eigenvalue weighted by Crippen LogP contribution is 2.44. The van der Waals surface area contributed by atoms with E-state index in [4.69, 9.17) is 21.8 Å². The Morgan fingerprint density at radius 2 is 2.03 bits per heavy atom. The van der Waals surface area contributed by atoms with Gasteiger partial charge in [-0.3, -0.25) is 4.31 Å². The third-order valence-corrected chi connectivity index (χ3v) is 10.2. The minimum atomic E-state index is -2.62. The molecule has 0 saturated heterocycles. The molecule has 1 unspecified atom stereocenters. The molecule has 1 aliphatic heterocycles. The Kier molecular flexibility index (Phi) is 4.86. The Bertz CT molecular complexity index is 1500. The van der Waals surface area contributed by atoms with E-state index in [1.54, 1.807) is 24.5 Å². The maximum Gasteiger partial charge on any atom is 0.258 e. The smallest absolute Gasteiger partial charge is 0.258 e. The molecule has 3 aromatic heterocycles. The zero-order valence-electron chi connectivity index (χ0n) is 17.5. The van der Waals surface area contributed by atoms with Gasteiger partial charge in [0.1, 0.15) is 5.54 Å². The van der Waals surface area contributed by atoms with Crippen LogP contribution in [0.1, 0.15) is 16.8 Å². The summed E-state index contributed by atoms with van der Waals surface area (Å²) in [5.74, 6) is 4.94. The van der Waals surface area contributed by atoms with Crippen molar-refractivity contribution in [3.8, 4) is 22.2 Å². The number of thiazole rings is 1. The SMILES string of the molecule is C=S1(=O)C[C@@](C)(c2sc(-c3nnc(-c4ccc5sc(C)nc5c4)o3)cc2Cl)N=C(N)N1C. The van der Waals surface area contributed by atoms with Crippen molar-refractivity contribution in [1.82, 2.24) is 19.5 Å². The second-order valence-corrected chi connectivity index (χ2v) is 12.8. The fraction of sp³-hybridized carbons (Fsp3) is 0.250. The molecule has 2 N–H and O–H groups in total. The summed E-state index contributed by atoms with van der Waals surface area (Å²) < 4.78 is 21.4. The van der Waals surface area contributed by atoms with E-state index in [9.17, 15) is 4.21 Å². The van der Waals surface area contributed by atoms with Crippen LogP contribution >= 0.6 is 34.3 Å². The van der Waals surface area contributed by atoms with Gasteiger partial charge in [0.05, 0.1) is 45.5 Å². The maximum absolute atomic E-state index is 12.9. The van der Waals surface area contributed by atoms with E-state index in [2.05, 4.69) is 26.0 Å². The van der Waals surface area contributed by atoms with Gasteiger partial charge in [0, 0.05) is 12.6 Å². The lowest BCUT2D eigenvalue weighted by molar-refractivity contribution is 0.522. The first kappa shape index (κ1) is 21.4. The average Bonchev–Trinajstić information content (AvgIpc) is 3.42. The minimum absolute atomic E-state index is 0.164. The number of nitrogens with zero attached hydrogens (tertiary/aromatic N) is 5. The summed E-state index contributed by atoms with van der Waals surface area (Å²) in [5.41, 5.74) is 6.84. The maximum atomic E-state index is 12.9. The molecule has 32 heavy (non-hydrogen) atoms. The van der Waals surface area contributed by atoms with Gasteiger partial charge in [-0.05, 0) is 44.0 Å². The van der Waals surface area contributed by atoms with Crippen LogP contribution in [0.15, 0.2) is 33.7 Å². The predicted octanol–water partition coefficient (Wildman–Crippen LogP) is 4.14. The number of fused-ring (bicyclic) bond motifs is 1. The van der Waals surface area contributed by atoms with Crippen molar-refractivity contribution in [3.05, 3.63) is 39.2 Å². The third-order valence-electron chi connectivity index (χ3n) is 5.24. The van der Waals surface area contributed by atoms with Crippen LogP contribution in [0.25, 0.3) is 32.4 Å². The van der Waals surface area contributed by atoms with E-state index >= 15 is 0 Å². The molecule has 0 amide bonds. The summed E-state index contributed by atoms with van der Waals surface area (Å²) in [6.45, 7) is 3.83. The lowest BCUT2D eigenvalue weighted by Gasteiger charge is -2.36. The van der Waals surface area contributed by atoms with Gasteiger partial charge in [-0.15, -0.1) is 32.9 Å². The molecule has 12 heteroatoms. The second kappa shape index (κ2) is 7.27. The number of hydrogen-bond acceptors (Lipinski definition) is 9. The molecule has 8 nitrogen and oxygen atoms in total. The fourth-order valence-electron chi connectivity index (χ4n) is 3.63. The van der Waals surface area contributed by atoms with Crippen molar-refractivity contribution in [2.45, 2.75) is 19.4 Å². The molecular formula is C20H19ClN6O2S3. The van der Waals surface area contributed by atoms with Gasteiger partial charge in [-0.25, -0.2) is 14.2 Å². The summed E-state index contributed by atoms with van der Waals surface area (Å²) in [4.78, 5) is 10.5. The van der Waals surface area contributed by atoms with Crippen LogP contribution < -0.4 is 5.73 Å². The van der Waals surface area contributed by atoms with Gasteiger partial charge in [0.25, 0.3) is 5.89 Å². The van der Waals surface area contributed by atoms with E-state index in [1.807, 2.05) is 32.0 Å². The molecule has 4 heterocycles. The standard InChI is InChI=1S/C20H19ClN6O2S3/c1-10-23-13-7-11(5-6-14(13)30-10)17-25-26-18(29-17)15-8-12(21)16(31-15)20(2)9-32(4,28)27(3)19(22)24-20/h5-8H,4,9H2,1-3H3,(H2,22,24)/t20-,32?/m0/s1. The molecular weight excluding hydrogens is 488 g/mol. The monoisotopic (exact) mass is 506 g/mol. The first-order chi connectivity index (χ1) is 15.1. The van der Waals surface area contributed by atoms with Gasteiger partial charge in [0.2, 0.25) is 11.9 Å². The van der Waals surface area contributed by atoms with Crippen LogP contribution in [0.5, 0.6) is 0 Å². The molecule has 0 spiro atoms. The topological polar surface area (TPSA) is 110 Å². The molecule has 0 aliphatic carbocycles. The van der Waals surface area contributed by atoms with Crippen LogP contribution in [0.3, 0.4) is 0 Å². The summed E-state index contributed by atoms with van der Waals surface area (Å²) in [5, 5.41) is 9.88. The van der Waals surface area contributed by atoms with Crippen LogP contribution in [0.2, 0.25) is 5.02 Å². The number of thiophene rings is 1. The normalized spacial score (nSPS) is 23.6. The molecule has 4 aromatic rings. The quantitative estimate of drug-likeness (QED) is 0.418. The predicted molar refractivity (Wildman–Crippen MR) is 133 cm³/mol. The summed E-state index contributed by atoms with van der Waals surface area (Å²) in [7, 11) is -0.993. The molecule has 1 aromatic carbocycles. The van der Waals surface area contributed by atoms with Crippen molar-refractivity contribution in [3.63, 3.8) is 0 Å². The van der Waals surface area contributed by atoms with Gasteiger partial charge in [-0.1, -0.05) is 11.6 Å². The Morgan fingerprint density at radius 3 is 2.78 bits per heavy atom. The lowest BCUT2D eigenvalue weighted by Crippen LogP contribution is -2.50. The molecule has 0 fully saturated rings. The second-order valence-electron chi connectivity index (χ2n) is 7.77. The van der Waals surface area contributed by atoms with Crippen molar-refractivity contribution in [2.24, 2.45) is 10.7 Å². The van der Waals surface area contributed by atoms with Crippen molar-refractivity contribution in [1.29, 1.82) is 0 Å². The minimum Gasteiger partial charge on any atom is -0.415 e. The van der Waals surface area contributed by atoms with Gasteiger partial charge in [-0.2, -0.15) is 0 Å². The molecule has 0 radical (unpaired) electrons. The van der Waals surface area contributed by atoms with Crippen molar-refractivity contribution in [2.75, 3.05) is 12.8 Å². The highest BCUT2D eigenvalue weighted by molar-refractivity contribution is 7.98. The number of guanidine groups is 1. The zero-order valence-corrected chi connectivity index (χ0v) is 20.7. The first-order valence-electron chi connectivity index (χ1n) is 9.51. The number of aromatic nitrogens is 3. The van der Waals surface area contributed by atoms with Crippen LogP contribution in [0.4, 0.5) is 0 Å². The molecule has 1 aliphatic rings. The van der Waals surface area contributed by atoms with Crippen LogP contribution in [-0.2, 0) is 15.2 Å². The molecule has 2 atom stereocenters. The number of hydrogen-bond donors (Lipinski definition) is 1. The third kappa shape index (κ3) is 3.49. The average molecular weight is 507 g/mol. The Balaban J connectivity index is 1.51. The molecule has 0 bridgehead atoms.